The second kappa shape index (κ2) is 8.17. The van der Waals surface area contributed by atoms with Crippen LogP contribution in [0, 0.1) is 5.92 Å². The number of nitrogens with zero attached hydrogens (tertiary/aromatic N) is 1. The van der Waals surface area contributed by atoms with Crippen LogP contribution in [0.5, 0.6) is 0 Å². The van der Waals surface area contributed by atoms with E-state index in [1.807, 2.05) is 0 Å². The number of hydrogen-bond donors (Lipinski definition) is 2. The van der Waals surface area contributed by atoms with Crippen molar-refractivity contribution in [1.82, 2.24) is 10.2 Å². The molecule has 1 heterocycles. The fourth-order valence-corrected chi connectivity index (χ4v) is 2.34. The molecule has 0 saturated heterocycles. The molecule has 1 rings (SSSR count). The van der Waals surface area contributed by atoms with Gasteiger partial charge in [0.15, 0.2) is 0 Å². The van der Waals surface area contributed by atoms with Gasteiger partial charge in [0, 0.05) is 11.3 Å². The fourth-order valence-electron chi connectivity index (χ4n) is 2.34. The number of rotatable bonds is 9. The van der Waals surface area contributed by atoms with Gasteiger partial charge in [0.25, 0.3) is 0 Å². The summed E-state index contributed by atoms with van der Waals surface area (Å²) in [6.07, 6.45) is 10.1. The van der Waals surface area contributed by atoms with Gasteiger partial charge in [-0.25, -0.2) is 0 Å². The quantitative estimate of drug-likeness (QED) is 0.649. The van der Waals surface area contributed by atoms with E-state index in [0.29, 0.717) is 11.7 Å². The average molecular weight is 251 g/mol. The smallest absolute Gasteiger partial charge is 0.148 e. The molecule has 18 heavy (non-hydrogen) atoms. The van der Waals surface area contributed by atoms with Gasteiger partial charge in [0.2, 0.25) is 0 Å². The summed E-state index contributed by atoms with van der Waals surface area (Å²) in [6.45, 7) is 6.70. The number of anilines is 1. The SMILES string of the molecule is CCCCCCCCc1[nH]nc(N)c1CC(C)C. The second-order valence-electron chi connectivity index (χ2n) is 5.68. The van der Waals surface area contributed by atoms with E-state index in [0.717, 1.165) is 12.8 Å². The van der Waals surface area contributed by atoms with E-state index in [-0.39, 0.29) is 0 Å². The molecular formula is C15H29N3. The maximum atomic E-state index is 5.92. The molecule has 3 heteroatoms. The molecule has 0 spiro atoms. The highest BCUT2D eigenvalue weighted by atomic mass is 15.2. The van der Waals surface area contributed by atoms with Crippen LogP contribution in [0.4, 0.5) is 5.82 Å². The first kappa shape index (κ1) is 15.1. The average Bonchev–Trinajstić information content (AvgIpc) is 2.65. The number of nitrogen functional groups attached to an aromatic ring is 1. The molecule has 3 nitrogen and oxygen atoms in total. The molecule has 0 radical (unpaired) electrons. The summed E-state index contributed by atoms with van der Waals surface area (Å²) in [4.78, 5) is 0. The number of hydrogen-bond acceptors (Lipinski definition) is 2. The lowest BCUT2D eigenvalue weighted by atomic mass is 9.99. The minimum absolute atomic E-state index is 0.633. The normalized spacial score (nSPS) is 11.3. The fraction of sp³-hybridized carbons (Fsp3) is 0.800. The maximum absolute atomic E-state index is 5.92. The van der Waals surface area contributed by atoms with E-state index in [2.05, 4.69) is 31.0 Å². The molecule has 1 aromatic heterocycles. The van der Waals surface area contributed by atoms with Gasteiger partial charge in [-0.2, -0.15) is 5.10 Å². The zero-order valence-corrected chi connectivity index (χ0v) is 12.3. The van der Waals surface area contributed by atoms with Crippen molar-refractivity contribution < 1.29 is 0 Å². The van der Waals surface area contributed by atoms with Crippen LogP contribution in [-0.4, -0.2) is 10.2 Å². The summed E-state index contributed by atoms with van der Waals surface area (Å²) >= 11 is 0. The molecule has 0 atom stereocenters. The number of aryl methyl sites for hydroxylation is 1. The van der Waals surface area contributed by atoms with Crippen molar-refractivity contribution in [3.63, 3.8) is 0 Å². The Morgan fingerprint density at radius 3 is 2.44 bits per heavy atom. The van der Waals surface area contributed by atoms with Gasteiger partial charge in [-0.15, -0.1) is 0 Å². The van der Waals surface area contributed by atoms with Crippen LogP contribution in [0.3, 0.4) is 0 Å². The number of nitrogens with one attached hydrogen (secondary N) is 1. The molecule has 3 N–H and O–H groups in total. The van der Waals surface area contributed by atoms with Crippen LogP contribution in [0.1, 0.15) is 70.6 Å². The Hall–Kier alpha value is -0.990. The van der Waals surface area contributed by atoms with Gasteiger partial charge in [-0.3, -0.25) is 5.10 Å². The van der Waals surface area contributed by atoms with Crippen LogP contribution in [0.25, 0.3) is 0 Å². The highest BCUT2D eigenvalue weighted by Crippen LogP contribution is 2.20. The molecule has 0 unspecified atom stereocenters. The van der Waals surface area contributed by atoms with Crippen molar-refractivity contribution >= 4 is 5.82 Å². The van der Waals surface area contributed by atoms with Crippen LogP contribution >= 0.6 is 0 Å². The molecule has 0 fully saturated rings. The summed E-state index contributed by atoms with van der Waals surface area (Å²) in [5, 5.41) is 7.26. The summed E-state index contributed by atoms with van der Waals surface area (Å²) in [7, 11) is 0. The summed E-state index contributed by atoms with van der Waals surface area (Å²) < 4.78 is 0. The number of H-pyrrole nitrogens is 1. The lowest BCUT2D eigenvalue weighted by Gasteiger charge is -2.07. The van der Waals surface area contributed by atoms with Gasteiger partial charge in [0.1, 0.15) is 5.82 Å². The molecule has 0 aliphatic heterocycles. The molecule has 0 amide bonds. The van der Waals surface area contributed by atoms with E-state index in [1.165, 1.54) is 49.8 Å². The van der Waals surface area contributed by atoms with Crippen molar-refractivity contribution in [2.45, 2.75) is 72.1 Å². The van der Waals surface area contributed by atoms with Crippen LogP contribution < -0.4 is 5.73 Å². The largest absolute Gasteiger partial charge is 0.382 e. The third kappa shape index (κ3) is 5.11. The third-order valence-electron chi connectivity index (χ3n) is 3.38. The molecule has 0 aliphatic rings. The first-order valence-corrected chi connectivity index (χ1v) is 7.46. The number of aromatic nitrogens is 2. The second-order valence-corrected chi connectivity index (χ2v) is 5.68. The first-order valence-electron chi connectivity index (χ1n) is 7.46. The minimum atomic E-state index is 0.633. The Kier molecular flexibility index (Phi) is 6.84. The van der Waals surface area contributed by atoms with Crippen molar-refractivity contribution in [2.75, 3.05) is 5.73 Å². The van der Waals surface area contributed by atoms with Crippen molar-refractivity contribution in [1.29, 1.82) is 0 Å². The highest BCUT2D eigenvalue weighted by Gasteiger charge is 2.11. The van der Waals surface area contributed by atoms with Gasteiger partial charge in [0.05, 0.1) is 0 Å². The van der Waals surface area contributed by atoms with E-state index in [9.17, 15) is 0 Å². The predicted octanol–water partition coefficient (Wildman–Crippen LogP) is 4.09. The Balaban J connectivity index is 2.33. The zero-order valence-electron chi connectivity index (χ0n) is 12.3. The predicted molar refractivity (Wildman–Crippen MR) is 78.6 cm³/mol. The molecule has 0 bridgehead atoms. The lowest BCUT2D eigenvalue weighted by molar-refractivity contribution is 0.599. The molecule has 0 aromatic carbocycles. The van der Waals surface area contributed by atoms with Gasteiger partial charge >= 0.3 is 0 Å². The van der Waals surface area contributed by atoms with E-state index in [4.69, 9.17) is 5.73 Å². The monoisotopic (exact) mass is 251 g/mol. The molecule has 104 valence electrons. The maximum Gasteiger partial charge on any atom is 0.148 e. The standard InChI is InChI=1S/C15H29N3/c1-4-5-6-7-8-9-10-14-13(11-12(2)3)15(16)18-17-14/h12H,4-11H2,1-3H3,(H3,16,17,18). The number of nitrogens with two attached hydrogens (primary N) is 1. The Labute approximate surface area is 112 Å². The molecular weight excluding hydrogens is 222 g/mol. The topological polar surface area (TPSA) is 54.7 Å². The van der Waals surface area contributed by atoms with Gasteiger partial charge in [-0.05, 0) is 25.2 Å². The summed E-state index contributed by atoms with van der Waals surface area (Å²) in [5.41, 5.74) is 8.43. The van der Waals surface area contributed by atoms with E-state index >= 15 is 0 Å². The zero-order chi connectivity index (χ0) is 13.4. The molecule has 0 saturated carbocycles. The van der Waals surface area contributed by atoms with Crippen LogP contribution in [0.2, 0.25) is 0 Å². The first-order chi connectivity index (χ1) is 8.65. The summed E-state index contributed by atoms with van der Waals surface area (Å²) in [6, 6.07) is 0. The Morgan fingerprint density at radius 1 is 1.11 bits per heavy atom. The summed E-state index contributed by atoms with van der Waals surface area (Å²) in [5.74, 6) is 1.33. The van der Waals surface area contributed by atoms with Crippen molar-refractivity contribution in [3.05, 3.63) is 11.3 Å². The third-order valence-corrected chi connectivity index (χ3v) is 3.38. The van der Waals surface area contributed by atoms with Crippen LogP contribution in [0.15, 0.2) is 0 Å². The van der Waals surface area contributed by atoms with Crippen molar-refractivity contribution in [2.24, 2.45) is 5.92 Å². The molecule has 0 aliphatic carbocycles. The van der Waals surface area contributed by atoms with Gasteiger partial charge in [-0.1, -0.05) is 52.9 Å². The van der Waals surface area contributed by atoms with E-state index < -0.39 is 0 Å². The van der Waals surface area contributed by atoms with Crippen LogP contribution in [-0.2, 0) is 12.8 Å². The highest BCUT2D eigenvalue weighted by molar-refractivity contribution is 5.42. The van der Waals surface area contributed by atoms with E-state index in [1.54, 1.807) is 0 Å². The Bertz CT molecular complexity index is 328. The van der Waals surface area contributed by atoms with Crippen molar-refractivity contribution in [3.8, 4) is 0 Å². The minimum Gasteiger partial charge on any atom is -0.382 e. The lowest BCUT2D eigenvalue weighted by Crippen LogP contribution is -2.01. The number of unbranched alkanes of at least 4 members (excludes halogenated alkanes) is 5. The Morgan fingerprint density at radius 2 is 1.78 bits per heavy atom. The van der Waals surface area contributed by atoms with Gasteiger partial charge < -0.3 is 5.73 Å². The molecule has 1 aromatic rings. The number of aromatic amines is 1.